The molecule has 1 heterocycles. The number of aryl methyl sites for hydroxylation is 1. The fourth-order valence-corrected chi connectivity index (χ4v) is 2.70. The number of Topliss-reactive ketones (excluding diaryl/α,β-unsaturated/α-hetero) is 1. The second kappa shape index (κ2) is 6.33. The molecule has 0 amide bonds. The highest BCUT2D eigenvalue weighted by atomic mass is 16.1. The number of hydrogen-bond acceptors (Lipinski definition) is 2. The third-order valence-corrected chi connectivity index (χ3v) is 3.92. The summed E-state index contributed by atoms with van der Waals surface area (Å²) in [6.07, 6.45) is 4.43. The van der Waals surface area contributed by atoms with Crippen molar-refractivity contribution in [3.05, 3.63) is 77.0 Å². The van der Waals surface area contributed by atoms with Crippen molar-refractivity contribution in [2.45, 2.75) is 13.3 Å². The molecule has 0 radical (unpaired) electrons. The average Bonchev–Trinajstić information content (AvgIpc) is 3.02. The van der Waals surface area contributed by atoms with Gasteiger partial charge in [0.25, 0.3) is 0 Å². The first-order valence-electron chi connectivity index (χ1n) is 7.55. The van der Waals surface area contributed by atoms with Crippen LogP contribution < -0.4 is 0 Å². The van der Waals surface area contributed by atoms with Crippen LogP contribution in [0, 0.1) is 11.3 Å². The lowest BCUT2D eigenvalue weighted by Crippen LogP contribution is -2.01. The summed E-state index contributed by atoms with van der Waals surface area (Å²) in [4.78, 5) is 15.7. The second-order valence-electron chi connectivity index (χ2n) is 5.30. The topological polar surface area (TPSA) is 56.6 Å². The van der Waals surface area contributed by atoms with Crippen LogP contribution in [0.25, 0.3) is 17.0 Å². The third-order valence-electron chi connectivity index (χ3n) is 3.92. The number of rotatable bonds is 4. The van der Waals surface area contributed by atoms with Crippen LogP contribution in [0.3, 0.4) is 0 Å². The lowest BCUT2D eigenvalue weighted by atomic mass is 10.0. The van der Waals surface area contributed by atoms with Crippen molar-refractivity contribution < 1.29 is 4.79 Å². The number of benzene rings is 2. The molecule has 3 nitrogen and oxygen atoms in total. The van der Waals surface area contributed by atoms with Gasteiger partial charge in [-0.05, 0) is 18.1 Å². The highest BCUT2D eigenvalue weighted by molar-refractivity contribution is 6.14. The number of aromatic nitrogens is 1. The van der Waals surface area contributed by atoms with Crippen LogP contribution in [0.2, 0.25) is 0 Å². The fraction of sp³-hybridized carbons (Fsp3) is 0.100. The molecular weight excluding hydrogens is 284 g/mol. The van der Waals surface area contributed by atoms with E-state index in [0.29, 0.717) is 5.56 Å². The van der Waals surface area contributed by atoms with Gasteiger partial charge in [0, 0.05) is 28.2 Å². The zero-order chi connectivity index (χ0) is 16.2. The molecule has 0 spiro atoms. The van der Waals surface area contributed by atoms with Crippen LogP contribution in [0.5, 0.6) is 0 Å². The van der Waals surface area contributed by atoms with Crippen LogP contribution >= 0.6 is 0 Å². The molecule has 0 aliphatic heterocycles. The number of nitrogens with one attached hydrogen (secondary N) is 1. The second-order valence-corrected chi connectivity index (χ2v) is 5.30. The number of para-hydroxylation sites is 1. The first kappa shape index (κ1) is 14.8. The lowest BCUT2D eigenvalue weighted by molar-refractivity contribution is 0.104. The molecular formula is C20H16N2O. The Morgan fingerprint density at radius 1 is 1.17 bits per heavy atom. The van der Waals surface area contributed by atoms with Crippen LogP contribution in [-0.2, 0) is 6.42 Å². The summed E-state index contributed by atoms with van der Waals surface area (Å²) in [6, 6.07) is 17.0. The highest BCUT2D eigenvalue weighted by Gasteiger charge is 2.13. The molecule has 0 saturated carbocycles. The van der Waals surface area contributed by atoms with Crippen molar-refractivity contribution in [1.29, 1.82) is 5.26 Å². The van der Waals surface area contributed by atoms with Crippen molar-refractivity contribution >= 4 is 22.8 Å². The lowest BCUT2D eigenvalue weighted by Gasteiger charge is -2.00. The standard InChI is InChI=1S/C20H16N2O/c1-2-14-9-6-10-18-17(13-22-19(14)18)11-16(12-21)20(23)15-7-4-3-5-8-15/h3-11,13,22H,2H2,1H3. The van der Waals surface area contributed by atoms with Gasteiger partial charge in [-0.15, -0.1) is 0 Å². The number of carbonyl (C=O) groups is 1. The van der Waals surface area contributed by atoms with Gasteiger partial charge < -0.3 is 4.98 Å². The largest absolute Gasteiger partial charge is 0.360 e. The van der Waals surface area contributed by atoms with Crippen molar-refractivity contribution in [3.8, 4) is 6.07 Å². The Labute approximate surface area is 134 Å². The van der Waals surface area contributed by atoms with Crippen molar-refractivity contribution in [2.75, 3.05) is 0 Å². The summed E-state index contributed by atoms with van der Waals surface area (Å²) < 4.78 is 0. The van der Waals surface area contributed by atoms with Crippen molar-refractivity contribution in [1.82, 2.24) is 4.98 Å². The van der Waals surface area contributed by atoms with Crippen LogP contribution in [-0.4, -0.2) is 10.8 Å². The number of nitrogens with zero attached hydrogens (tertiary/aromatic N) is 1. The van der Waals surface area contributed by atoms with Crippen LogP contribution in [0.15, 0.2) is 60.3 Å². The van der Waals surface area contributed by atoms with E-state index in [-0.39, 0.29) is 11.4 Å². The quantitative estimate of drug-likeness (QED) is 0.437. The Balaban J connectivity index is 2.06. The van der Waals surface area contributed by atoms with E-state index in [1.807, 2.05) is 30.5 Å². The molecule has 23 heavy (non-hydrogen) atoms. The Morgan fingerprint density at radius 2 is 1.96 bits per heavy atom. The zero-order valence-electron chi connectivity index (χ0n) is 12.8. The van der Waals surface area contributed by atoms with Crippen molar-refractivity contribution in [3.63, 3.8) is 0 Å². The number of H-pyrrole nitrogens is 1. The van der Waals surface area contributed by atoms with E-state index in [9.17, 15) is 10.1 Å². The highest BCUT2D eigenvalue weighted by Crippen LogP contribution is 2.24. The van der Waals surface area contributed by atoms with E-state index in [4.69, 9.17) is 0 Å². The monoisotopic (exact) mass is 300 g/mol. The van der Waals surface area contributed by atoms with Gasteiger partial charge in [0.2, 0.25) is 5.78 Å². The molecule has 3 heteroatoms. The number of nitriles is 1. The van der Waals surface area contributed by atoms with Gasteiger partial charge >= 0.3 is 0 Å². The van der Waals surface area contributed by atoms with Gasteiger partial charge in [-0.2, -0.15) is 5.26 Å². The van der Waals surface area contributed by atoms with Gasteiger partial charge in [-0.25, -0.2) is 0 Å². The average molecular weight is 300 g/mol. The summed E-state index contributed by atoms with van der Waals surface area (Å²) in [7, 11) is 0. The Hall–Kier alpha value is -3.12. The number of aromatic amines is 1. The smallest absolute Gasteiger partial charge is 0.203 e. The molecule has 0 bridgehead atoms. The van der Waals surface area contributed by atoms with Gasteiger partial charge in [-0.1, -0.05) is 55.5 Å². The minimum absolute atomic E-state index is 0.138. The predicted molar refractivity (Wildman–Crippen MR) is 92.0 cm³/mol. The fourth-order valence-electron chi connectivity index (χ4n) is 2.70. The summed E-state index contributed by atoms with van der Waals surface area (Å²) in [5.41, 5.74) is 3.80. The summed E-state index contributed by atoms with van der Waals surface area (Å²) in [6.45, 7) is 2.10. The number of hydrogen-bond donors (Lipinski definition) is 1. The van der Waals surface area contributed by atoms with Gasteiger partial charge in [0.15, 0.2) is 0 Å². The maximum absolute atomic E-state index is 12.5. The molecule has 1 N–H and O–H groups in total. The Morgan fingerprint density at radius 3 is 2.65 bits per heavy atom. The first-order chi connectivity index (χ1) is 11.2. The van der Waals surface area contributed by atoms with E-state index >= 15 is 0 Å². The molecule has 2 aromatic carbocycles. The summed E-state index contributed by atoms with van der Waals surface area (Å²) in [5, 5.41) is 10.4. The molecule has 0 saturated heterocycles. The molecule has 3 aromatic rings. The molecule has 0 fully saturated rings. The SMILES string of the molecule is CCc1cccc2c(C=C(C#N)C(=O)c3ccccc3)c[nH]c12. The maximum Gasteiger partial charge on any atom is 0.203 e. The first-order valence-corrected chi connectivity index (χ1v) is 7.55. The summed E-state index contributed by atoms with van der Waals surface area (Å²) >= 11 is 0. The molecule has 0 atom stereocenters. The van der Waals surface area contributed by atoms with Gasteiger partial charge in [0.05, 0.1) is 0 Å². The third kappa shape index (κ3) is 2.79. The Bertz CT molecular complexity index is 927. The molecule has 1 aromatic heterocycles. The van der Waals surface area contributed by atoms with Gasteiger partial charge in [-0.3, -0.25) is 4.79 Å². The van der Waals surface area contributed by atoms with E-state index in [2.05, 4.69) is 18.0 Å². The molecule has 0 aliphatic rings. The van der Waals surface area contributed by atoms with Gasteiger partial charge in [0.1, 0.15) is 11.6 Å². The summed E-state index contributed by atoms with van der Waals surface area (Å²) in [5.74, 6) is -0.255. The number of allylic oxidation sites excluding steroid dienone is 1. The zero-order valence-corrected chi connectivity index (χ0v) is 12.8. The number of fused-ring (bicyclic) bond motifs is 1. The minimum atomic E-state index is -0.255. The number of ketones is 1. The number of carbonyl (C=O) groups excluding carboxylic acids is 1. The van der Waals surface area contributed by atoms with E-state index in [0.717, 1.165) is 22.9 Å². The normalized spacial score (nSPS) is 11.4. The van der Waals surface area contributed by atoms with Crippen molar-refractivity contribution in [2.24, 2.45) is 0 Å². The van der Waals surface area contributed by atoms with E-state index in [1.54, 1.807) is 30.3 Å². The predicted octanol–water partition coefficient (Wildman–Crippen LogP) is 4.52. The Kier molecular flexibility index (Phi) is 4.07. The van der Waals surface area contributed by atoms with Crippen LogP contribution in [0.1, 0.15) is 28.4 Å². The van der Waals surface area contributed by atoms with E-state index < -0.39 is 0 Å². The van der Waals surface area contributed by atoms with E-state index in [1.165, 1.54) is 5.56 Å². The minimum Gasteiger partial charge on any atom is -0.360 e. The maximum atomic E-state index is 12.5. The molecule has 0 unspecified atom stereocenters. The van der Waals surface area contributed by atoms with Crippen LogP contribution in [0.4, 0.5) is 0 Å². The molecule has 3 rings (SSSR count). The molecule has 0 aliphatic carbocycles. The molecule has 112 valence electrons.